The van der Waals surface area contributed by atoms with Gasteiger partial charge in [0.25, 0.3) is 0 Å². The molecule has 10 heteroatoms. The van der Waals surface area contributed by atoms with E-state index >= 15 is 0 Å². The molecule has 1 aromatic heterocycles. The summed E-state index contributed by atoms with van der Waals surface area (Å²) >= 11 is 0. The second-order valence-electron chi connectivity index (χ2n) is 4.34. The van der Waals surface area contributed by atoms with Crippen molar-refractivity contribution in [1.29, 1.82) is 0 Å². The van der Waals surface area contributed by atoms with Gasteiger partial charge in [-0.1, -0.05) is 0 Å². The van der Waals surface area contributed by atoms with Crippen molar-refractivity contribution in [1.82, 2.24) is 15.1 Å². The van der Waals surface area contributed by atoms with Gasteiger partial charge < -0.3 is 9.32 Å². The van der Waals surface area contributed by atoms with E-state index in [2.05, 4.69) is 14.9 Å². The second kappa shape index (κ2) is 5.00. The van der Waals surface area contributed by atoms with Crippen molar-refractivity contribution < 1.29 is 31.5 Å². The topological polar surface area (TPSA) is 68.5 Å². The summed E-state index contributed by atoms with van der Waals surface area (Å²) in [6.07, 6.45) is -8.43. The molecule has 20 heavy (non-hydrogen) atoms. The lowest BCUT2D eigenvalue weighted by Crippen LogP contribution is -2.56. The number of alkyl halides is 4. The Balaban J connectivity index is 1.94. The molecule has 1 aliphatic heterocycles. The molecule has 1 saturated heterocycles. The lowest BCUT2D eigenvalue weighted by molar-refractivity contribution is -0.401. The van der Waals surface area contributed by atoms with Crippen LogP contribution in [0.25, 0.3) is 0 Å². The normalized spacial score (nSPS) is 20.9. The van der Waals surface area contributed by atoms with Gasteiger partial charge in [0.05, 0.1) is 0 Å². The van der Waals surface area contributed by atoms with Crippen LogP contribution < -0.4 is 0 Å². The fourth-order valence-corrected chi connectivity index (χ4v) is 1.77. The van der Waals surface area contributed by atoms with Crippen molar-refractivity contribution in [2.45, 2.75) is 32.0 Å². The van der Waals surface area contributed by atoms with Crippen LogP contribution in [0.2, 0.25) is 0 Å². The Morgan fingerprint density at radius 2 is 1.85 bits per heavy atom. The van der Waals surface area contributed by atoms with Gasteiger partial charge >= 0.3 is 12.2 Å². The number of morpholine rings is 1. The molecule has 0 aromatic carbocycles. The standard InChI is InChI=1S/C10H11F4N3O3/c1-6-15-16-7(19-6)2-3-8(18)17-4-9(11,12)20-10(13,14)5-17/h2-5H2,1H3. The zero-order valence-corrected chi connectivity index (χ0v) is 10.4. The van der Waals surface area contributed by atoms with Gasteiger partial charge in [-0.15, -0.1) is 10.2 Å². The molecule has 2 rings (SSSR count). The van der Waals surface area contributed by atoms with Crippen molar-refractivity contribution >= 4 is 5.91 Å². The minimum absolute atomic E-state index is 0.00578. The van der Waals surface area contributed by atoms with E-state index < -0.39 is 31.2 Å². The van der Waals surface area contributed by atoms with Gasteiger partial charge in [-0.05, 0) is 0 Å². The predicted molar refractivity (Wildman–Crippen MR) is 54.9 cm³/mol. The third kappa shape index (κ3) is 3.65. The lowest BCUT2D eigenvalue weighted by Gasteiger charge is -2.36. The number of aryl methyl sites for hydroxylation is 2. The Kier molecular flexibility index (Phi) is 3.67. The van der Waals surface area contributed by atoms with Crippen LogP contribution in [-0.4, -0.2) is 46.3 Å². The van der Waals surface area contributed by atoms with E-state index in [0.717, 1.165) is 0 Å². The molecule has 0 N–H and O–H groups in total. The minimum atomic E-state index is -4.07. The van der Waals surface area contributed by atoms with Crippen LogP contribution >= 0.6 is 0 Å². The molecule has 0 aliphatic carbocycles. The molecule has 0 saturated carbocycles. The maximum Gasteiger partial charge on any atom is 0.377 e. The molecule has 1 aromatic rings. The van der Waals surface area contributed by atoms with E-state index in [0.29, 0.717) is 4.90 Å². The number of hydrogen-bond donors (Lipinski definition) is 0. The largest absolute Gasteiger partial charge is 0.426 e. The number of ether oxygens (including phenoxy) is 1. The molecule has 1 amide bonds. The van der Waals surface area contributed by atoms with E-state index in [1.807, 2.05) is 0 Å². The van der Waals surface area contributed by atoms with Gasteiger partial charge in [-0.2, -0.15) is 17.6 Å². The van der Waals surface area contributed by atoms with Crippen LogP contribution in [0.3, 0.4) is 0 Å². The first-order valence-electron chi connectivity index (χ1n) is 5.69. The zero-order valence-electron chi connectivity index (χ0n) is 10.4. The summed E-state index contributed by atoms with van der Waals surface area (Å²) < 4.78 is 60.1. The van der Waals surface area contributed by atoms with Crippen molar-refractivity contribution in [3.05, 3.63) is 11.8 Å². The van der Waals surface area contributed by atoms with Gasteiger partial charge in [0.2, 0.25) is 17.7 Å². The van der Waals surface area contributed by atoms with Crippen molar-refractivity contribution in [2.24, 2.45) is 0 Å². The molecule has 1 aliphatic rings. The molecule has 0 bridgehead atoms. The van der Waals surface area contributed by atoms with E-state index in [-0.39, 0.29) is 24.6 Å². The van der Waals surface area contributed by atoms with Crippen LogP contribution in [0.1, 0.15) is 18.2 Å². The van der Waals surface area contributed by atoms with E-state index in [1.54, 1.807) is 6.92 Å². The molecular formula is C10H11F4N3O3. The Hall–Kier alpha value is -1.71. The summed E-state index contributed by atoms with van der Waals surface area (Å²) in [4.78, 5) is 12.0. The number of carbonyl (C=O) groups is 1. The average molecular weight is 297 g/mol. The average Bonchev–Trinajstić information content (AvgIpc) is 2.67. The van der Waals surface area contributed by atoms with Crippen molar-refractivity contribution in [3.8, 4) is 0 Å². The first-order chi connectivity index (χ1) is 9.17. The molecular weight excluding hydrogens is 286 g/mol. The summed E-state index contributed by atoms with van der Waals surface area (Å²) in [6.45, 7) is -0.865. The fourth-order valence-electron chi connectivity index (χ4n) is 1.77. The molecule has 6 nitrogen and oxygen atoms in total. The fraction of sp³-hybridized carbons (Fsp3) is 0.700. The number of aromatic nitrogens is 2. The number of rotatable bonds is 3. The van der Waals surface area contributed by atoms with Crippen molar-refractivity contribution in [2.75, 3.05) is 13.1 Å². The zero-order chi connectivity index (χ0) is 15.0. The van der Waals surface area contributed by atoms with E-state index in [9.17, 15) is 22.4 Å². The van der Waals surface area contributed by atoms with Gasteiger partial charge in [-0.25, -0.2) is 0 Å². The van der Waals surface area contributed by atoms with Crippen molar-refractivity contribution in [3.63, 3.8) is 0 Å². The first-order valence-corrected chi connectivity index (χ1v) is 5.69. The molecule has 0 spiro atoms. The highest BCUT2D eigenvalue weighted by Gasteiger charge is 2.52. The molecule has 1 fully saturated rings. The van der Waals surface area contributed by atoms with E-state index in [4.69, 9.17) is 4.42 Å². The highest BCUT2D eigenvalue weighted by molar-refractivity contribution is 5.76. The summed E-state index contributed by atoms with van der Waals surface area (Å²) in [7, 11) is 0. The maximum absolute atomic E-state index is 12.9. The number of nitrogens with zero attached hydrogens (tertiary/aromatic N) is 3. The molecule has 0 unspecified atom stereocenters. The molecule has 0 atom stereocenters. The van der Waals surface area contributed by atoms with Crippen LogP contribution in [0.15, 0.2) is 4.42 Å². The third-order valence-corrected chi connectivity index (χ3v) is 2.52. The summed E-state index contributed by atoms with van der Waals surface area (Å²) in [5.41, 5.74) is 0. The Morgan fingerprint density at radius 1 is 1.25 bits per heavy atom. The third-order valence-electron chi connectivity index (χ3n) is 2.52. The van der Waals surface area contributed by atoms with Crippen LogP contribution in [0.4, 0.5) is 17.6 Å². The molecule has 112 valence electrons. The number of carbonyl (C=O) groups excluding carboxylic acids is 1. The molecule has 2 heterocycles. The number of halogens is 4. The first kappa shape index (κ1) is 14.7. The smallest absolute Gasteiger partial charge is 0.377 e. The predicted octanol–water partition coefficient (Wildman–Crippen LogP) is 1.36. The highest BCUT2D eigenvalue weighted by Crippen LogP contribution is 2.33. The van der Waals surface area contributed by atoms with Crippen LogP contribution in [-0.2, 0) is 16.0 Å². The second-order valence-corrected chi connectivity index (χ2v) is 4.34. The highest BCUT2D eigenvalue weighted by atomic mass is 19.3. The maximum atomic E-state index is 12.9. The Labute approximate surface area is 110 Å². The lowest BCUT2D eigenvalue weighted by atomic mass is 10.2. The summed E-state index contributed by atoms with van der Waals surface area (Å²) in [5.74, 6) is -0.428. The van der Waals surface area contributed by atoms with E-state index in [1.165, 1.54) is 0 Å². The quantitative estimate of drug-likeness (QED) is 0.788. The SMILES string of the molecule is Cc1nnc(CCC(=O)N2CC(F)(F)OC(F)(F)C2)o1. The van der Waals surface area contributed by atoms with Crippen LogP contribution in [0.5, 0.6) is 0 Å². The minimum Gasteiger partial charge on any atom is -0.426 e. The van der Waals surface area contributed by atoms with Gasteiger partial charge in [0, 0.05) is 19.8 Å². The number of amides is 1. The summed E-state index contributed by atoms with van der Waals surface area (Å²) in [6, 6.07) is 0. The monoisotopic (exact) mass is 297 g/mol. The van der Waals surface area contributed by atoms with Gasteiger partial charge in [-0.3, -0.25) is 9.53 Å². The number of hydrogen-bond acceptors (Lipinski definition) is 5. The Bertz CT molecular complexity index is 490. The van der Waals surface area contributed by atoms with Crippen LogP contribution in [0, 0.1) is 6.92 Å². The Morgan fingerprint density at radius 3 is 2.35 bits per heavy atom. The van der Waals surface area contributed by atoms with Gasteiger partial charge in [0.1, 0.15) is 13.1 Å². The molecule has 0 radical (unpaired) electrons. The summed E-state index contributed by atoms with van der Waals surface area (Å²) in [5, 5.41) is 7.13. The van der Waals surface area contributed by atoms with Gasteiger partial charge in [0.15, 0.2) is 0 Å².